The van der Waals surface area contributed by atoms with Gasteiger partial charge in [-0.1, -0.05) is 30.3 Å². The summed E-state index contributed by atoms with van der Waals surface area (Å²) in [5, 5.41) is 3.34. The van der Waals surface area contributed by atoms with Gasteiger partial charge in [-0.15, -0.1) is 0 Å². The van der Waals surface area contributed by atoms with Crippen molar-refractivity contribution < 1.29 is 13.9 Å². The first-order valence-electron chi connectivity index (χ1n) is 8.63. The molecule has 0 spiro atoms. The molecule has 1 saturated heterocycles. The van der Waals surface area contributed by atoms with Crippen LogP contribution >= 0.6 is 0 Å². The van der Waals surface area contributed by atoms with Crippen LogP contribution in [0.1, 0.15) is 11.1 Å². The Hall–Kier alpha value is -2.80. The number of rotatable bonds is 4. The first-order chi connectivity index (χ1) is 13.1. The molecule has 2 aromatic carbocycles. The maximum atomic E-state index is 14.2. The van der Waals surface area contributed by atoms with Crippen LogP contribution in [0.15, 0.2) is 66.9 Å². The minimum Gasteiger partial charge on any atom is -0.497 e. The molecular weight excluding hydrogens is 345 g/mol. The van der Waals surface area contributed by atoms with Gasteiger partial charge in [0.2, 0.25) is 5.95 Å². The second-order valence-corrected chi connectivity index (χ2v) is 6.43. The van der Waals surface area contributed by atoms with Gasteiger partial charge in [-0.3, -0.25) is 11.1 Å². The van der Waals surface area contributed by atoms with E-state index in [1.807, 2.05) is 48.5 Å². The SMILES string of the molecule is COc1ccc([C@@]2(c3cccc(-c4cccnc4F)c3)COC(N)N2)cc1. The molecule has 138 valence electrons. The molecule has 3 aromatic rings. The fraction of sp³-hybridized carbons (Fsp3) is 0.190. The minimum atomic E-state index is -0.639. The third-order valence-electron chi connectivity index (χ3n) is 4.88. The summed E-state index contributed by atoms with van der Waals surface area (Å²) in [4.78, 5) is 3.75. The molecule has 1 fully saturated rings. The Morgan fingerprint density at radius 1 is 1.15 bits per heavy atom. The van der Waals surface area contributed by atoms with Gasteiger partial charge in [0.25, 0.3) is 0 Å². The maximum Gasteiger partial charge on any atom is 0.220 e. The predicted molar refractivity (Wildman–Crippen MR) is 100 cm³/mol. The molecule has 2 atom stereocenters. The van der Waals surface area contributed by atoms with Gasteiger partial charge >= 0.3 is 0 Å². The van der Waals surface area contributed by atoms with E-state index in [0.29, 0.717) is 12.2 Å². The van der Waals surface area contributed by atoms with E-state index in [2.05, 4.69) is 10.3 Å². The molecule has 1 aliphatic rings. The fourth-order valence-corrected chi connectivity index (χ4v) is 3.47. The molecule has 1 aromatic heterocycles. The quantitative estimate of drug-likeness (QED) is 0.696. The molecule has 4 rings (SSSR count). The van der Waals surface area contributed by atoms with E-state index in [-0.39, 0.29) is 0 Å². The molecule has 1 unspecified atom stereocenters. The summed E-state index contributed by atoms with van der Waals surface area (Å²) in [5.74, 6) is 0.267. The Labute approximate surface area is 157 Å². The lowest BCUT2D eigenvalue weighted by Crippen LogP contribution is -2.46. The van der Waals surface area contributed by atoms with Gasteiger partial charge in [-0.05, 0) is 47.0 Å². The van der Waals surface area contributed by atoms with Crippen molar-refractivity contribution in [1.82, 2.24) is 10.3 Å². The molecule has 5 nitrogen and oxygen atoms in total. The summed E-state index contributed by atoms with van der Waals surface area (Å²) in [5.41, 5.74) is 8.46. The highest BCUT2D eigenvalue weighted by Gasteiger charge is 2.41. The minimum absolute atomic E-state index is 0.361. The number of benzene rings is 2. The summed E-state index contributed by atoms with van der Waals surface area (Å²) in [6.45, 7) is 0.361. The molecule has 27 heavy (non-hydrogen) atoms. The lowest BCUT2D eigenvalue weighted by molar-refractivity contribution is 0.104. The number of nitrogens with zero attached hydrogens (tertiary/aromatic N) is 1. The molecule has 2 heterocycles. The lowest BCUT2D eigenvalue weighted by Gasteiger charge is -2.30. The second kappa shape index (κ2) is 7.08. The summed E-state index contributed by atoms with van der Waals surface area (Å²) in [7, 11) is 1.63. The van der Waals surface area contributed by atoms with E-state index in [4.69, 9.17) is 15.2 Å². The summed E-state index contributed by atoms with van der Waals surface area (Å²) in [6.07, 6.45) is 0.846. The van der Waals surface area contributed by atoms with E-state index >= 15 is 0 Å². The average molecular weight is 365 g/mol. The molecule has 0 bridgehead atoms. The van der Waals surface area contributed by atoms with Crippen LogP contribution < -0.4 is 15.8 Å². The number of ether oxygens (including phenoxy) is 2. The second-order valence-electron chi connectivity index (χ2n) is 6.43. The Balaban J connectivity index is 1.82. The van der Waals surface area contributed by atoms with Crippen molar-refractivity contribution in [2.24, 2.45) is 5.73 Å². The third kappa shape index (κ3) is 3.19. The van der Waals surface area contributed by atoms with Crippen molar-refractivity contribution in [2.75, 3.05) is 13.7 Å². The molecule has 0 radical (unpaired) electrons. The highest BCUT2D eigenvalue weighted by molar-refractivity contribution is 5.65. The van der Waals surface area contributed by atoms with Crippen LogP contribution in [-0.4, -0.2) is 25.1 Å². The predicted octanol–water partition coefficient (Wildman–Crippen LogP) is 3.00. The van der Waals surface area contributed by atoms with Crippen LogP contribution in [0.4, 0.5) is 4.39 Å². The third-order valence-corrected chi connectivity index (χ3v) is 4.88. The molecule has 0 amide bonds. The van der Waals surface area contributed by atoms with Crippen molar-refractivity contribution >= 4 is 0 Å². The Bertz CT molecular complexity index is 948. The van der Waals surface area contributed by atoms with Crippen molar-refractivity contribution in [3.63, 3.8) is 0 Å². The van der Waals surface area contributed by atoms with Crippen LogP contribution in [0.25, 0.3) is 11.1 Å². The molecular formula is C21H20FN3O2. The number of nitrogens with two attached hydrogens (primary N) is 1. The fourth-order valence-electron chi connectivity index (χ4n) is 3.47. The van der Waals surface area contributed by atoms with E-state index < -0.39 is 17.8 Å². The first-order valence-corrected chi connectivity index (χ1v) is 8.63. The van der Waals surface area contributed by atoms with Crippen LogP contribution in [0.3, 0.4) is 0 Å². The number of methoxy groups -OCH3 is 1. The zero-order valence-corrected chi connectivity index (χ0v) is 14.9. The molecule has 0 saturated carbocycles. The highest BCUT2D eigenvalue weighted by atomic mass is 19.1. The Morgan fingerprint density at radius 3 is 2.63 bits per heavy atom. The van der Waals surface area contributed by atoms with Gasteiger partial charge in [0, 0.05) is 11.8 Å². The maximum absolute atomic E-state index is 14.2. The summed E-state index contributed by atoms with van der Waals surface area (Å²) < 4.78 is 25.1. The lowest BCUT2D eigenvalue weighted by atomic mass is 9.83. The van der Waals surface area contributed by atoms with E-state index in [0.717, 1.165) is 22.4 Å². The van der Waals surface area contributed by atoms with Gasteiger partial charge in [-0.2, -0.15) is 4.39 Å². The van der Waals surface area contributed by atoms with E-state index in [1.54, 1.807) is 19.2 Å². The summed E-state index contributed by atoms with van der Waals surface area (Å²) in [6, 6.07) is 18.9. The Morgan fingerprint density at radius 2 is 1.96 bits per heavy atom. The van der Waals surface area contributed by atoms with Gasteiger partial charge in [0.15, 0.2) is 6.35 Å². The highest BCUT2D eigenvalue weighted by Crippen LogP contribution is 2.36. The van der Waals surface area contributed by atoms with Gasteiger partial charge in [0.05, 0.1) is 19.3 Å². The number of hydrogen-bond donors (Lipinski definition) is 2. The Kier molecular flexibility index (Phi) is 4.61. The van der Waals surface area contributed by atoms with Crippen molar-refractivity contribution in [3.8, 4) is 16.9 Å². The van der Waals surface area contributed by atoms with Crippen molar-refractivity contribution in [1.29, 1.82) is 0 Å². The topological polar surface area (TPSA) is 69.4 Å². The smallest absolute Gasteiger partial charge is 0.220 e. The van der Waals surface area contributed by atoms with Gasteiger partial charge in [0.1, 0.15) is 5.75 Å². The van der Waals surface area contributed by atoms with E-state index in [9.17, 15) is 4.39 Å². The van der Waals surface area contributed by atoms with Crippen LogP contribution in [-0.2, 0) is 10.3 Å². The van der Waals surface area contributed by atoms with Crippen molar-refractivity contribution in [2.45, 2.75) is 11.9 Å². The van der Waals surface area contributed by atoms with Crippen LogP contribution in [0, 0.1) is 5.95 Å². The zero-order valence-electron chi connectivity index (χ0n) is 14.9. The van der Waals surface area contributed by atoms with Gasteiger partial charge in [-0.25, -0.2) is 4.98 Å². The standard InChI is InChI=1S/C21H20FN3O2/c1-26-17-9-7-15(8-10-17)21(13-27-20(23)25-21)16-5-2-4-14(12-16)18-6-3-11-24-19(18)22/h2-12,20,25H,13,23H2,1H3/t20?,21-/m1/s1. The summed E-state index contributed by atoms with van der Waals surface area (Å²) >= 11 is 0. The first kappa shape index (κ1) is 17.6. The average Bonchev–Trinajstić information content (AvgIpc) is 3.11. The number of halogens is 1. The van der Waals surface area contributed by atoms with Crippen LogP contribution in [0.2, 0.25) is 0 Å². The molecule has 6 heteroatoms. The largest absolute Gasteiger partial charge is 0.497 e. The zero-order chi connectivity index (χ0) is 18.9. The number of nitrogens with one attached hydrogen (secondary N) is 1. The van der Waals surface area contributed by atoms with E-state index in [1.165, 1.54) is 6.20 Å². The monoisotopic (exact) mass is 365 g/mol. The molecule has 0 aliphatic carbocycles. The normalized spacial score (nSPS) is 22.0. The molecule has 1 aliphatic heterocycles. The van der Waals surface area contributed by atoms with Crippen molar-refractivity contribution in [3.05, 3.63) is 83.9 Å². The van der Waals surface area contributed by atoms with Gasteiger partial charge < -0.3 is 9.47 Å². The number of aromatic nitrogens is 1. The van der Waals surface area contributed by atoms with Crippen LogP contribution in [0.5, 0.6) is 5.75 Å². The number of pyridine rings is 1. The molecule has 3 N–H and O–H groups in total. The number of hydrogen-bond acceptors (Lipinski definition) is 5.